The van der Waals surface area contributed by atoms with Gasteiger partial charge in [0.1, 0.15) is 5.82 Å². The maximum Gasteiger partial charge on any atom is 0.162 e. The highest BCUT2D eigenvalue weighted by Gasteiger charge is 2.30. The van der Waals surface area contributed by atoms with Crippen molar-refractivity contribution in [3.05, 3.63) is 17.2 Å². The number of ether oxygens (including phenoxy) is 1. The number of nitrogens with zero attached hydrogens (tertiary/aromatic N) is 2. The van der Waals surface area contributed by atoms with Crippen LogP contribution in [0, 0.1) is 0 Å². The maximum atomic E-state index is 5.70. The second-order valence-corrected chi connectivity index (χ2v) is 6.77. The van der Waals surface area contributed by atoms with Crippen LogP contribution in [0.25, 0.3) is 0 Å². The molecule has 0 spiro atoms. The van der Waals surface area contributed by atoms with Gasteiger partial charge in [0.2, 0.25) is 0 Å². The van der Waals surface area contributed by atoms with Crippen LogP contribution in [0.3, 0.4) is 0 Å². The van der Waals surface area contributed by atoms with Gasteiger partial charge in [-0.1, -0.05) is 41.5 Å². The summed E-state index contributed by atoms with van der Waals surface area (Å²) in [5, 5.41) is 0. The standard InChI is InChI=1S/C14H22N2O/c1-13(2,3)11-10-9(7-8-17-10)15-12(16-11)14(4,5)6/h7-8H2,1-6H3. The molecule has 17 heavy (non-hydrogen) atoms. The topological polar surface area (TPSA) is 35.0 Å². The molecule has 0 aliphatic carbocycles. The van der Waals surface area contributed by atoms with E-state index in [1.165, 1.54) is 0 Å². The fraction of sp³-hybridized carbons (Fsp3) is 0.714. The molecule has 1 aromatic heterocycles. The molecule has 2 rings (SSSR count). The van der Waals surface area contributed by atoms with Crippen LogP contribution in [0.1, 0.15) is 58.8 Å². The molecule has 0 unspecified atom stereocenters. The first-order valence-electron chi connectivity index (χ1n) is 6.24. The summed E-state index contributed by atoms with van der Waals surface area (Å²) >= 11 is 0. The summed E-state index contributed by atoms with van der Waals surface area (Å²) in [7, 11) is 0. The Balaban J connectivity index is 2.62. The van der Waals surface area contributed by atoms with E-state index in [0.29, 0.717) is 0 Å². The fourth-order valence-electron chi connectivity index (χ4n) is 1.91. The Morgan fingerprint density at radius 3 is 2.12 bits per heavy atom. The quantitative estimate of drug-likeness (QED) is 0.692. The average molecular weight is 234 g/mol. The molecule has 0 N–H and O–H groups in total. The summed E-state index contributed by atoms with van der Waals surface area (Å²) in [6, 6.07) is 0. The van der Waals surface area contributed by atoms with Crippen LogP contribution in [-0.2, 0) is 17.3 Å². The van der Waals surface area contributed by atoms with E-state index in [1.54, 1.807) is 0 Å². The van der Waals surface area contributed by atoms with Crippen LogP contribution in [0.2, 0.25) is 0 Å². The Bertz CT molecular complexity index is 439. The van der Waals surface area contributed by atoms with Gasteiger partial charge in [0.25, 0.3) is 0 Å². The van der Waals surface area contributed by atoms with E-state index in [9.17, 15) is 0 Å². The number of fused-ring (bicyclic) bond motifs is 1. The van der Waals surface area contributed by atoms with Gasteiger partial charge in [0.05, 0.1) is 18.0 Å². The van der Waals surface area contributed by atoms with E-state index in [-0.39, 0.29) is 10.8 Å². The summed E-state index contributed by atoms with van der Waals surface area (Å²) in [5.74, 6) is 1.84. The number of rotatable bonds is 0. The van der Waals surface area contributed by atoms with Crippen LogP contribution >= 0.6 is 0 Å². The Morgan fingerprint density at radius 1 is 0.941 bits per heavy atom. The SMILES string of the molecule is CC(C)(C)c1nc2c(c(C(C)(C)C)n1)OCC2. The summed E-state index contributed by atoms with van der Waals surface area (Å²) in [4.78, 5) is 9.41. The molecule has 1 aromatic rings. The van der Waals surface area contributed by atoms with Gasteiger partial charge < -0.3 is 4.74 Å². The Morgan fingerprint density at radius 2 is 1.59 bits per heavy atom. The first-order valence-corrected chi connectivity index (χ1v) is 6.24. The minimum atomic E-state index is -0.0163. The molecule has 0 aromatic carbocycles. The smallest absolute Gasteiger partial charge is 0.162 e. The third kappa shape index (κ3) is 2.28. The molecule has 0 saturated heterocycles. The van der Waals surface area contributed by atoms with Gasteiger partial charge >= 0.3 is 0 Å². The van der Waals surface area contributed by atoms with Crippen LogP contribution in [0.15, 0.2) is 0 Å². The summed E-state index contributed by atoms with van der Waals surface area (Å²) in [5.41, 5.74) is 2.11. The lowest BCUT2D eigenvalue weighted by Crippen LogP contribution is -2.22. The largest absolute Gasteiger partial charge is 0.489 e. The van der Waals surface area contributed by atoms with Crippen LogP contribution in [0.4, 0.5) is 0 Å². The van der Waals surface area contributed by atoms with Crippen molar-refractivity contribution in [2.75, 3.05) is 6.61 Å². The van der Waals surface area contributed by atoms with Gasteiger partial charge in [-0.3, -0.25) is 0 Å². The third-order valence-electron chi connectivity index (χ3n) is 2.90. The first-order chi connectivity index (χ1) is 7.69. The molecule has 3 heteroatoms. The molecular formula is C14H22N2O. The molecule has 0 saturated carbocycles. The number of hydrogen-bond acceptors (Lipinski definition) is 3. The van der Waals surface area contributed by atoms with E-state index in [1.807, 2.05) is 0 Å². The molecule has 0 atom stereocenters. The van der Waals surface area contributed by atoms with E-state index in [0.717, 1.165) is 36.0 Å². The fourth-order valence-corrected chi connectivity index (χ4v) is 1.91. The minimum Gasteiger partial charge on any atom is -0.489 e. The van der Waals surface area contributed by atoms with Crippen molar-refractivity contribution >= 4 is 0 Å². The molecular weight excluding hydrogens is 212 g/mol. The molecule has 1 aliphatic rings. The van der Waals surface area contributed by atoms with Gasteiger partial charge in [0, 0.05) is 17.3 Å². The Labute approximate surface area is 104 Å². The highest BCUT2D eigenvalue weighted by Crippen LogP contribution is 2.36. The van der Waals surface area contributed by atoms with Crippen molar-refractivity contribution in [2.24, 2.45) is 0 Å². The molecule has 94 valence electrons. The number of aromatic nitrogens is 2. The van der Waals surface area contributed by atoms with Crippen molar-refractivity contribution in [3.8, 4) is 5.75 Å². The zero-order chi connectivity index (χ0) is 12.8. The lowest BCUT2D eigenvalue weighted by molar-refractivity contribution is 0.342. The molecule has 0 bridgehead atoms. The normalized spacial score (nSPS) is 15.6. The molecule has 1 aliphatic heterocycles. The average Bonchev–Trinajstić information content (AvgIpc) is 2.59. The zero-order valence-electron chi connectivity index (χ0n) is 11.7. The van der Waals surface area contributed by atoms with Crippen LogP contribution in [0.5, 0.6) is 5.75 Å². The van der Waals surface area contributed by atoms with E-state index in [4.69, 9.17) is 9.72 Å². The second kappa shape index (κ2) is 3.69. The van der Waals surface area contributed by atoms with Gasteiger partial charge in [-0.15, -0.1) is 0 Å². The van der Waals surface area contributed by atoms with Crippen LogP contribution in [-0.4, -0.2) is 16.6 Å². The van der Waals surface area contributed by atoms with Gasteiger partial charge in [0.15, 0.2) is 5.75 Å². The van der Waals surface area contributed by atoms with Crippen molar-refractivity contribution in [2.45, 2.75) is 58.8 Å². The summed E-state index contributed by atoms with van der Waals surface area (Å²) in [6.07, 6.45) is 0.907. The highest BCUT2D eigenvalue weighted by molar-refractivity contribution is 5.40. The molecule has 2 heterocycles. The van der Waals surface area contributed by atoms with Gasteiger partial charge in [-0.25, -0.2) is 9.97 Å². The molecule has 0 radical (unpaired) electrons. The van der Waals surface area contributed by atoms with E-state index in [2.05, 4.69) is 46.5 Å². The molecule has 0 amide bonds. The highest BCUT2D eigenvalue weighted by atomic mass is 16.5. The predicted octanol–water partition coefficient (Wildman–Crippen LogP) is 3.01. The van der Waals surface area contributed by atoms with Gasteiger partial charge in [-0.2, -0.15) is 0 Å². The third-order valence-corrected chi connectivity index (χ3v) is 2.90. The van der Waals surface area contributed by atoms with Crippen molar-refractivity contribution in [3.63, 3.8) is 0 Å². The molecule has 0 fully saturated rings. The lowest BCUT2D eigenvalue weighted by Gasteiger charge is -2.24. The minimum absolute atomic E-state index is 0.00262. The van der Waals surface area contributed by atoms with E-state index < -0.39 is 0 Å². The van der Waals surface area contributed by atoms with Gasteiger partial charge in [-0.05, 0) is 0 Å². The Kier molecular flexibility index (Phi) is 2.68. The van der Waals surface area contributed by atoms with E-state index >= 15 is 0 Å². The Hall–Kier alpha value is -1.12. The van der Waals surface area contributed by atoms with Crippen molar-refractivity contribution in [1.82, 2.24) is 9.97 Å². The summed E-state index contributed by atoms with van der Waals surface area (Å²) < 4.78 is 5.70. The zero-order valence-corrected chi connectivity index (χ0v) is 11.7. The second-order valence-electron chi connectivity index (χ2n) is 6.77. The van der Waals surface area contributed by atoms with Crippen LogP contribution < -0.4 is 4.74 Å². The monoisotopic (exact) mass is 234 g/mol. The summed E-state index contributed by atoms with van der Waals surface area (Å²) in [6.45, 7) is 13.7. The van der Waals surface area contributed by atoms with Crippen molar-refractivity contribution in [1.29, 1.82) is 0 Å². The lowest BCUT2D eigenvalue weighted by atomic mass is 9.89. The molecule has 3 nitrogen and oxygen atoms in total. The number of hydrogen-bond donors (Lipinski definition) is 0. The predicted molar refractivity (Wildman–Crippen MR) is 68.6 cm³/mol. The first kappa shape index (κ1) is 12.3. The van der Waals surface area contributed by atoms with Crippen molar-refractivity contribution < 1.29 is 4.74 Å². The maximum absolute atomic E-state index is 5.70.